The number of hydrogen-bond acceptors (Lipinski definition) is 4. The Hall–Kier alpha value is -1.17. The van der Waals surface area contributed by atoms with Crippen LogP contribution < -0.4 is 11.2 Å². The maximum atomic E-state index is 8.42. The molecule has 0 aliphatic rings. The Morgan fingerprint density at radius 2 is 2.25 bits per heavy atom. The van der Waals surface area contributed by atoms with E-state index in [4.69, 9.17) is 10.9 Å². The second kappa shape index (κ2) is 5.48. The molecule has 0 spiro atoms. The molecule has 0 radical (unpaired) electrons. The SMILES string of the molecule is CCC(=N\NC(N)=S)/C(C)=N/O. The van der Waals surface area contributed by atoms with Gasteiger partial charge in [0.1, 0.15) is 0 Å². The van der Waals surface area contributed by atoms with Crippen molar-refractivity contribution in [3.05, 3.63) is 0 Å². The van der Waals surface area contributed by atoms with Crippen LogP contribution in [0.25, 0.3) is 0 Å². The number of nitrogens with one attached hydrogen (secondary N) is 1. The molecule has 0 aromatic rings. The minimum absolute atomic E-state index is 0.0895. The fourth-order valence-electron chi connectivity index (χ4n) is 0.596. The van der Waals surface area contributed by atoms with Gasteiger partial charge in [0.15, 0.2) is 5.11 Å². The van der Waals surface area contributed by atoms with Crippen LogP contribution in [0.4, 0.5) is 0 Å². The molecule has 5 nitrogen and oxygen atoms in total. The summed E-state index contributed by atoms with van der Waals surface area (Å²) in [6.45, 7) is 3.53. The Labute approximate surface area is 76.3 Å². The first-order valence-electron chi connectivity index (χ1n) is 3.42. The average molecular weight is 188 g/mol. The lowest BCUT2D eigenvalue weighted by molar-refractivity contribution is 0.319. The first-order valence-corrected chi connectivity index (χ1v) is 3.83. The molecule has 68 valence electrons. The van der Waals surface area contributed by atoms with Crippen LogP contribution in [0, 0.1) is 0 Å². The van der Waals surface area contributed by atoms with E-state index in [1.165, 1.54) is 0 Å². The molecule has 0 saturated heterocycles. The summed E-state index contributed by atoms with van der Waals surface area (Å²) in [5.74, 6) is 0. The van der Waals surface area contributed by atoms with Gasteiger partial charge < -0.3 is 10.9 Å². The average Bonchev–Trinajstić information content (AvgIpc) is 2.04. The standard InChI is InChI=1S/C6H12N4OS/c1-3-5(4(2)10-11)8-9-6(7)12/h11H,3H2,1-2H3,(H3,7,9,12)/b8-5+,10-4+. The van der Waals surface area contributed by atoms with Crippen molar-refractivity contribution >= 4 is 28.8 Å². The van der Waals surface area contributed by atoms with Gasteiger partial charge in [0.05, 0.1) is 11.4 Å². The van der Waals surface area contributed by atoms with Crippen molar-refractivity contribution in [2.24, 2.45) is 16.0 Å². The molecule has 0 aromatic heterocycles. The Bertz CT molecular complexity index is 224. The predicted octanol–water partition coefficient (Wildman–Crippen LogP) is 0.436. The van der Waals surface area contributed by atoms with E-state index in [0.717, 1.165) is 0 Å². The lowest BCUT2D eigenvalue weighted by atomic mass is 10.2. The van der Waals surface area contributed by atoms with E-state index >= 15 is 0 Å². The molecule has 0 aliphatic carbocycles. The van der Waals surface area contributed by atoms with Gasteiger partial charge in [-0.05, 0) is 25.6 Å². The van der Waals surface area contributed by atoms with E-state index in [-0.39, 0.29) is 5.11 Å². The van der Waals surface area contributed by atoms with Gasteiger partial charge in [0.25, 0.3) is 0 Å². The van der Waals surface area contributed by atoms with E-state index in [0.29, 0.717) is 17.8 Å². The number of oxime groups is 1. The van der Waals surface area contributed by atoms with Crippen molar-refractivity contribution in [1.29, 1.82) is 0 Å². The Kier molecular flexibility index (Phi) is 4.94. The van der Waals surface area contributed by atoms with E-state index in [1.54, 1.807) is 6.92 Å². The molecule has 4 N–H and O–H groups in total. The lowest BCUT2D eigenvalue weighted by Gasteiger charge is -2.01. The van der Waals surface area contributed by atoms with E-state index in [9.17, 15) is 0 Å². The summed E-state index contributed by atoms with van der Waals surface area (Å²) in [4.78, 5) is 0. The van der Waals surface area contributed by atoms with Gasteiger partial charge in [-0.3, -0.25) is 5.43 Å². The van der Waals surface area contributed by atoms with Crippen LogP contribution >= 0.6 is 12.2 Å². The van der Waals surface area contributed by atoms with Crippen molar-refractivity contribution in [3.63, 3.8) is 0 Å². The number of nitrogens with zero attached hydrogens (tertiary/aromatic N) is 2. The smallest absolute Gasteiger partial charge is 0.184 e. The zero-order chi connectivity index (χ0) is 9.56. The fourth-order valence-corrected chi connectivity index (χ4v) is 0.642. The predicted molar refractivity (Wildman–Crippen MR) is 52.5 cm³/mol. The minimum Gasteiger partial charge on any atom is -0.411 e. The molecule has 0 aliphatic heterocycles. The van der Waals surface area contributed by atoms with Crippen molar-refractivity contribution in [2.45, 2.75) is 20.3 Å². The summed E-state index contributed by atoms with van der Waals surface area (Å²) in [7, 11) is 0. The molecular formula is C6H12N4OS. The van der Waals surface area contributed by atoms with Crippen LogP contribution in [-0.4, -0.2) is 21.7 Å². The summed E-state index contributed by atoms with van der Waals surface area (Å²) in [6.07, 6.45) is 0.644. The highest BCUT2D eigenvalue weighted by molar-refractivity contribution is 7.80. The van der Waals surface area contributed by atoms with E-state index in [1.807, 2.05) is 6.92 Å². The summed E-state index contributed by atoms with van der Waals surface area (Å²) in [6, 6.07) is 0. The third kappa shape index (κ3) is 3.87. The van der Waals surface area contributed by atoms with Gasteiger partial charge in [-0.2, -0.15) is 5.10 Å². The lowest BCUT2D eigenvalue weighted by Crippen LogP contribution is -2.26. The molecule has 0 saturated carbocycles. The van der Waals surface area contributed by atoms with Gasteiger partial charge in [-0.1, -0.05) is 12.1 Å². The molecule has 0 fully saturated rings. The number of hydrazone groups is 1. The quantitative estimate of drug-likeness (QED) is 0.260. The second-order valence-corrected chi connectivity index (χ2v) is 2.51. The van der Waals surface area contributed by atoms with E-state index in [2.05, 4.69) is 27.9 Å². The number of thiocarbonyl (C=S) groups is 1. The van der Waals surface area contributed by atoms with Crippen LogP contribution in [0.1, 0.15) is 20.3 Å². The molecule has 12 heavy (non-hydrogen) atoms. The molecule has 6 heteroatoms. The first-order chi connectivity index (χ1) is 5.61. The normalized spacial score (nSPS) is 12.8. The van der Waals surface area contributed by atoms with Crippen molar-refractivity contribution in [2.75, 3.05) is 0 Å². The molecule has 0 bridgehead atoms. The number of hydrogen-bond donors (Lipinski definition) is 3. The van der Waals surface area contributed by atoms with Crippen molar-refractivity contribution in [1.82, 2.24) is 5.43 Å². The Balaban J connectivity index is 4.33. The number of nitrogens with two attached hydrogens (primary N) is 1. The van der Waals surface area contributed by atoms with Crippen LogP contribution in [0.15, 0.2) is 10.3 Å². The first kappa shape index (κ1) is 10.8. The number of rotatable bonds is 3. The highest BCUT2D eigenvalue weighted by Crippen LogP contribution is 1.88. The van der Waals surface area contributed by atoms with Crippen LogP contribution in [-0.2, 0) is 0 Å². The van der Waals surface area contributed by atoms with Crippen LogP contribution in [0.3, 0.4) is 0 Å². The summed E-state index contributed by atoms with van der Waals surface area (Å²) >= 11 is 4.54. The van der Waals surface area contributed by atoms with Crippen molar-refractivity contribution < 1.29 is 5.21 Å². The molecule has 0 atom stereocenters. The third-order valence-corrected chi connectivity index (χ3v) is 1.29. The molecule has 0 amide bonds. The maximum Gasteiger partial charge on any atom is 0.184 e. The Morgan fingerprint density at radius 3 is 2.58 bits per heavy atom. The van der Waals surface area contributed by atoms with Gasteiger partial charge in [0, 0.05) is 0 Å². The monoisotopic (exact) mass is 188 g/mol. The molecule has 0 aromatic carbocycles. The molecule has 0 rings (SSSR count). The maximum absolute atomic E-state index is 8.42. The largest absolute Gasteiger partial charge is 0.411 e. The van der Waals surface area contributed by atoms with E-state index < -0.39 is 0 Å². The van der Waals surface area contributed by atoms with Gasteiger partial charge in [-0.15, -0.1) is 0 Å². The topological polar surface area (TPSA) is 83.0 Å². The molecular weight excluding hydrogens is 176 g/mol. The molecule has 0 unspecified atom stereocenters. The van der Waals surface area contributed by atoms with Crippen LogP contribution in [0.2, 0.25) is 0 Å². The van der Waals surface area contributed by atoms with Crippen LogP contribution in [0.5, 0.6) is 0 Å². The summed E-state index contributed by atoms with van der Waals surface area (Å²) in [5.41, 5.74) is 8.63. The second-order valence-electron chi connectivity index (χ2n) is 2.07. The highest BCUT2D eigenvalue weighted by Gasteiger charge is 2.00. The zero-order valence-electron chi connectivity index (χ0n) is 7.03. The zero-order valence-corrected chi connectivity index (χ0v) is 7.85. The molecule has 0 heterocycles. The minimum atomic E-state index is 0.0895. The summed E-state index contributed by atoms with van der Waals surface area (Å²) in [5, 5.41) is 15.3. The van der Waals surface area contributed by atoms with Gasteiger partial charge in [-0.25, -0.2) is 0 Å². The summed E-state index contributed by atoms with van der Waals surface area (Å²) < 4.78 is 0. The van der Waals surface area contributed by atoms with Crippen molar-refractivity contribution in [3.8, 4) is 0 Å². The van der Waals surface area contributed by atoms with Gasteiger partial charge in [0.2, 0.25) is 0 Å². The third-order valence-electron chi connectivity index (χ3n) is 1.20. The van der Waals surface area contributed by atoms with Gasteiger partial charge >= 0.3 is 0 Å². The Morgan fingerprint density at radius 1 is 1.67 bits per heavy atom. The fraction of sp³-hybridized carbons (Fsp3) is 0.500. The highest BCUT2D eigenvalue weighted by atomic mass is 32.1.